The minimum Gasteiger partial charge on any atom is -0.462 e. The Morgan fingerprint density at radius 1 is 1.32 bits per heavy atom. The Balaban J connectivity index is 2.22. The minimum absolute atomic E-state index is 0.113. The van der Waals surface area contributed by atoms with E-state index >= 15 is 0 Å². The number of aromatic nitrogens is 3. The maximum absolute atomic E-state index is 12.5. The van der Waals surface area contributed by atoms with Crippen molar-refractivity contribution in [2.75, 3.05) is 12.4 Å². The van der Waals surface area contributed by atoms with E-state index in [0.29, 0.717) is 22.5 Å². The van der Waals surface area contributed by atoms with Crippen molar-refractivity contribution in [2.24, 2.45) is 7.05 Å². The van der Waals surface area contributed by atoms with Gasteiger partial charge in [-0.05, 0) is 20.8 Å². The minimum atomic E-state index is -0.463. The molecule has 0 fully saturated rings. The number of aryl methyl sites for hydroxylation is 3. The average Bonchev–Trinajstić information content (AvgIpc) is 2.99. The Labute approximate surface area is 133 Å². The van der Waals surface area contributed by atoms with Crippen molar-refractivity contribution in [3.05, 3.63) is 34.9 Å². The maximum Gasteiger partial charge on any atom is 0.340 e. The molecule has 0 unspecified atom stereocenters. The van der Waals surface area contributed by atoms with Crippen LogP contribution in [0.25, 0.3) is 0 Å². The van der Waals surface area contributed by atoms with E-state index < -0.39 is 5.97 Å². The lowest BCUT2D eigenvalue weighted by Gasteiger charge is -2.06. The molecular formula is C15H19N3O3S. The molecule has 22 heavy (non-hydrogen) atoms. The molecule has 0 aromatic carbocycles. The number of nitrogens with zero attached hydrogens (tertiary/aromatic N) is 2. The van der Waals surface area contributed by atoms with Gasteiger partial charge in [0.1, 0.15) is 0 Å². The summed E-state index contributed by atoms with van der Waals surface area (Å²) in [5.74, 6) is -0.359. The fourth-order valence-corrected chi connectivity index (χ4v) is 3.09. The van der Waals surface area contributed by atoms with Gasteiger partial charge in [-0.15, -0.1) is 0 Å². The summed E-state index contributed by atoms with van der Waals surface area (Å²) in [6, 6.07) is 0. The third-order valence-electron chi connectivity index (χ3n) is 3.24. The molecule has 6 nitrogen and oxygen atoms in total. The van der Waals surface area contributed by atoms with Gasteiger partial charge in [0.2, 0.25) is 0 Å². The van der Waals surface area contributed by atoms with Crippen molar-refractivity contribution < 1.29 is 14.3 Å². The molecule has 0 aliphatic heterocycles. The molecule has 0 amide bonds. The second-order valence-electron chi connectivity index (χ2n) is 4.88. The van der Waals surface area contributed by atoms with E-state index in [2.05, 4.69) is 9.97 Å². The number of thioether (sulfide) groups is 1. The van der Waals surface area contributed by atoms with Crippen LogP contribution in [-0.4, -0.2) is 38.6 Å². The van der Waals surface area contributed by atoms with E-state index in [1.165, 1.54) is 11.8 Å². The van der Waals surface area contributed by atoms with E-state index in [4.69, 9.17) is 4.74 Å². The number of ether oxygens (including phenoxy) is 1. The van der Waals surface area contributed by atoms with Gasteiger partial charge in [0.25, 0.3) is 0 Å². The van der Waals surface area contributed by atoms with Gasteiger partial charge in [-0.2, -0.15) is 0 Å². The van der Waals surface area contributed by atoms with Crippen LogP contribution < -0.4 is 0 Å². The van der Waals surface area contributed by atoms with Gasteiger partial charge >= 0.3 is 5.97 Å². The number of imidazole rings is 1. The maximum atomic E-state index is 12.5. The van der Waals surface area contributed by atoms with Gasteiger partial charge in [-0.3, -0.25) is 4.79 Å². The third kappa shape index (κ3) is 3.24. The predicted octanol–water partition coefficient (Wildman–Crippen LogP) is 2.52. The van der Waals surface area contributed by atoms with E-state index in [-0.39, 0.29) is 18.1 Å². The highest BCUT2D eigenvalue weighted by atomic mass is 32.2. The van der Waals surface area contributed by atoms with Gasteiger partial charge < -0.3 is 14.3 Å². The molecule has 0 bridgehead atoms. The molecule has 118 valence electrons. The molecule has 2 heterocycles. The summed E-state index contributed by atoms with van der Waals surface area (Å²) < 4.78 is 6.89. The number of rotatable bonds is 6. The highest BCUT2D eigenvalue weighted by Crippen LogP contribution is 2.23. The average molecular weight is 321 g/mol. The summed E-state index contributed by atoms with van der Waals surface area (Å²) in [6.07, 6.45) is 3.51. The molecule has 0 atom stereocenters. The lowest BCUT2D eigenvalue weighted by molar-refractivity contribution is 0.0522. The van der Waals surface area contributed by atoms with Crippen molar-refractivity contribution in [1.82, 2.24) is 14.5 Å². The van der Waals surface area contributed by atoms with E-state index in [0.717, 1.165) is 5.16 Å². The van der Waals surface area contributed by atoms with Crippen LogP contribution in [0.3, 0.4) is 0 Å². The van der Waals surface area contributed by atoms with E-state index in [1.807, 2.05) is 17.8 Å². The lowest BCUT2D eigenvalue weighted by Crippen LogP contribution is -2.13. The fourth-order valence-electron chi connectivity index (χ4n) is 2.28. The zero-order valence-electron chi connectivity index (χ0n) is 13.1. The van der Waals surface area contributed by atoms with E-state index in [1.54, 1.807) is 27.0 Å². The first-order valence-corrected chi connectivity index (χ1v) is 7.93. The Bertz CT molecular complexity index is 703. The number of carbonyl (C=O) groups excluding carboxylic acids is 2. The Hall–Kier alpha value is -2.02. The van der Waals surface area contributed by atoms with Crippen molar-refractivity contribution in [1.29, 1.82) is 0 Å². The SMILES string of the molecule is CCOC(=O)c1c(C)[nH]c(C)c1C(=O)CSc1nccn1C. The topological polar surface area (TPSA) is 77.0 Å². The number of esters is 1. The smallest absolute Gasteiger partial charge is 0.340 e. The van der Waals surface area contributed by atoms with Gasteiger partial charge in [0.15, 0.2) is 10.9 Å². The first kappa shape index (κ1) is 16.4. The van der Waals surface area contributed by atoms with Gasteiger partial charge in [-0.1, -0.05) is 11.8 Å². The number of hydrogen-bond acceptors (Lipinski definition) is 5. The highest BCUT2D eigenvalue weighted by Gasteiger charge is 2.25. The molecule has 0 radical (unpaired) electrons. The Kier molecular flexibility index (Phi) is 5.07. The number of carbonyl (C=O) groups is 2. The number of ketones is 1. The molecule has 0 aliphatic rings. The number of hydrogen-bond donors (Lipinski definition) is 1. The molecule has 2 aromatic rings. The van der Waals surface area contributed by atoms with Crippen LogP contribution in [0.15, 0.2) is 17.6 Å². The summed E-state index contributed by atoms with van der Waals surface area (Å²) in [5.41, 5.74) is 2.09. The standard InChI is InChI=1S/C15H19N3O3S/c1-5-21-14(20)13-10(3)17-9(2)12(13)11(19)8-22-15-16-6-7-18(15)4/h6-7,17H,5,8H2,1-4H3. The molecule has 0 aliphatic carbocycles. The first-order valence-electron chi connectivity index (χ1n) is 6.95. The summed E-state index contributed by atoms with van der Waals surface area (Å²) in [7, 11) is 1.87. The van der Waals surface area contributed by atoms with E-state index in [9.17, 15) is 9.59 Å². The first-order chi connectivity index (χ1) is 10.5. The largest absolute Gasteiger partial charge is 0.462 e. The normalized spacial score (nSPS) is 10.7. The number of H-pyrrole nitrogens is 1. The molecule has 7 heteroatoms. The number of nitrogens with one attached hydrogen (secondary N) is 1. The van der Waals surface area contributed by atoms with Crippen molar-refractivity contribution in [3.63, 3.8) is 0 Å². The van der Waals surface area contributed by atoms with Crippen LogP contribution in [0.5, 0.6) is 0 Å². The molecule has 2 aromatic heterocycles. The number of Topliss-reactive ketones (excluding diaryl/α,β-unsaturated/α-hetero) is 1. The molecule has 2 rings (SSSR count). The van der Waals surface area contributed by atoms with Crippen LogP contribution in [0.4, 0.5) is 0 Å². The Morgan fingerprint density at radius 3 is 2.59 bits per heavy atom. The summed E-state index contributed by atoms with van der Waals surface area (Å²) in [5, 5.41) is 0.760. The summed E-state index contributed by atoms with van der Waals surface area (Å²) in [6.45, 7) is 5.57. The van der Waals surface area contributed by atoms with Crippen LogP contribution >= 0.6 is 11.8 Å². The van der Waals surface area contributed by atoms with Crippen LogP contribution in [0.1, 0.15) is 39.0 Å². The van der Waals surface area contributed by atoms with Gasteiger partial charge in [-0.25, -0.2) is 9.78 Å². The third-order valence-corrected chi connectivity index (χ3v) is 4.30. The van der Waals surface area contributed by atoms with Crippen molar-refractivity contribution >= 4 is 23.5 Å². The highest BCUT2D eigenvalue weighted by molar-refractivity contribution is 7.99. The molecule has 0 spiro atoms. The predicted molar refractivity (Wildman–Crippen MR) is 84.5 cm³/mol. The zero-order chi connectivity index (χ0) is 16.3. The fraction of sp³-hybridized carbons (Fsp3) is 0.400. The summed E-state index contributed by atoms with van der Waals surface area (Å²) in [4.78, 5) is 31.8. The van der Waals surface area contributed by atoms with Crippen LogP contribution in [-0.2, 0) is 11.8 Å². The molecule has 1 N–H and O–H groups in total. The van der Waals surface area contributed by atoms with Gasteiger partial charge in [0.05, 0.1) is 23.5 Å². The lowest BCUT2D eigenvalue weighted by atomic mass is 10.1. The Morgan fingerprint density at radius 2 is 2.00 bits per heavy atom. The second kappa shape index (κ2) is 6.83. The quantitative estimate of drug-likeness (QED) is 0.502. The molecule has 0 saturated heterocycles. The van der Waals surface area contributed by atoms with Crippen LogP contribution in [0.2, 0.25) is 0 Å². The molecular weight excluding hydrogens is 302 g/mol. The van der Waals surface area contributed by atoms with Crippen molar-refractivity contribution in [2.45, 2.75) is 25.9 Å². The summed E-state index contributed by atoms with van der Waals surface area (Å²) >= 11 is 1.34. The monoisotopic (exact) mass is 321 g/mol. The zero-order valence-corrected chi connectivity index (χ0v) is 13.9. The molecule has 0 saturated carbocycles. The second-order valence-corrected chi connectivity index (χ2v) is 5.82. The van der Waals surface area contributed by atoms with Gasteiger partial charge in [0, 0.05) is 30.8 Å². The number of aromatic amines is 1. The van der Waals surface area contributed by atoms with Crippen molar-refractivity contribution in [3.8, 4) is 0 Å². The van der Waals surface area contributed by atoms with Crippen LogP contribution in [0, 0.1) is 13.8 Å².